The summed E-state index contributed by atoms with van der Waals surface area (Å²) in [6.45, 7) is 6.62. The number of hydrogen-bond acceptors (Lipinski definition) is 4. The van der Waals surface area contributed by atoms with Crippen LogP contribution in [0.5, 0.6) is 0 Å². The van der Waals surface area contributed by atoms with Gasteiger partial charge in [-0.05, 0) is 38.0 Å². The van der Waals surface area contributed by atoms with E-state index < -0.39 is 0 Å². The van der Waals surface area contributed by atoms with Gasteiger partial charge in [0.2, 0.25) is 5.65 Å². The van der Waals surface area contributed by atoms with Crippen LogP contribution in [-0.2, 0) is 0 Å². The van der Waals surface area contributed by atoms with E-state index in [1.165, 1.54) is 19.3 Å². The predicted molar refractivity (Wildman–Crippen MR) is 75.1 cm³/mol. The molecule has 2 aromatic heterocycles. The minimum atomic E-state index is 0.495. The van der Waals surface area contributed by atoms with E-state index in [0.29, 0.717) is 6.04 Å². The summed E-state index contributed by atoms with van der Waals surface area (Å²) < 4.78 is 1.98. The van der Waals surface area contributed by atoms with Crippen LogP contribution in [0.15, 0.2) is 12.4 Å². The third kappa shape index (κ3) is 2.41. The van der Waals surface area contributed by atoms with Crippen LogP contribution in [0, 0.1) is 18.8 Å². The minimum absolute atomic E-state index is 0.495. The van der Waals surface area contributed by atoms with Crippen molar-refractivity contribution in [2.45, 2.75) is 46.1 Å². The standard InChI is InChI=1S/C14H21N5/c1-9-6-10(2)8-12(7-9)16-13-14-18-17-11(3)19(14)5-4-15-13/h4-5,9-10,12H,6-8H2,1-3H3,(H,15,16). The van der Waals surface area contributed by atoms with Gasteiger partial charge < -0.3 is 5.32 Å². The Morgan fingerprint density at radius 1 is 1.16 bits per heavy atom. The lowest BCUT2D eigenvalue weighted by molar-refractivity contribution is 0.280. The molecule has 0 spiro atoms. The van der Waals surface area contributed by atoms with Crippen LogP contribution >= 0.6 is 0 Å². The van der Waals surface area contributed by atoms with E-state index in [-0.39, 0.29) is 0 Å². The van der Waals surface area contributed by atoms with Crippen molar-refractivity contribution in [3.63, 3.8) is 0 Å². The zero-order chi connectivity index (χ0) is 13.4. The fourth-order valence-electron chi connectivity index (χ4n) is 3.30. The number of hydrogen-bond donors (Lipinski definition) is 1. The van der Waals surface area contributed by atoms with Gasteiger partial charge in [0.25, 0.3) is 0 Å². The van der Waals surface area contributed by atoms with Crippen molar-refractivity contribution in [2.24, 2.45) is 11.8 Å². The molecule has 3 rings (SSSR count). The lowest BCUT2D eigenvalue weighted by Crippen LogP contribution is -2.30. The first-order chi connectivity index (χ1) is 9.13. The Balaban J connectivity index is 1.85. The van der Waals surface area contributed by atoms with E-state index in [1.807, 2.05) is 17.5 Å². The molecule has 0 saturated heterocycles. The van der Waals surface area contributed by atoms with Gasteiger partial charge in [0.15, 0.2) is 5.82 Å². The lowest BCUT2D eigenvalue weighted by atomic mass is 9.80. The highest BCUT2D eigenvalue weighted by Crippen LogP contribution is 2.30. The number of aryl methyl sites for hydroxylation is 1. The smallest absolute Gasteiger partial charge is 0.203 e. The number of nitrogens with zero attached hydrogens (tertiary/aromatic N) is 4. The van der Waals surface area contributed by atoms with E-state index in [0.717, 1.165) is 29.1 Å². The molecule has 0 aromatic carbocycles. The second-order valence-electron chi connectivity index (χ2n) is 5.98. The second-order valence-corrected chi connectivity index (χ2v) is 5.98. The van der Waals surface area contributed by atoms with Crippen molar-refractivity contribution in [1.29, 1.82) is 0 Å². The Morgan fingerprint density at radius 2 is 1.89 bits per heavy atom. The molecule has 1 fully saturated rings. The predicted octanol–water partition coefficient (Wildman–Crippen LogP) is 2.67. The molecule has 2 unspecified atom stereocenters. The Labute approximate surface area is 113 Å². The number of rotatable bonds is 2. The molecule has 2 atom stereocenters. The summed E-state index contributed by atoms with van der Waals surface area (Å²) in [5, 5.41) is 11.9. The molecule has 1 saturated carbocycles. The first-order valence-electron chi connectivity index (χ1n) is 7.06. The molecule has 5 heteroatoms. The summed E-state index contributed by atoms with van der Waals surface area (Å²) in [6.07, 6.45) is 7.46. The Kier molecular flexibility index (Phi) is 3.12. The van der Waals surface area contributed by atoms with Crippen molar-refractivity contribution in [1.82, 2.24) is 19.6 Å². The van der Waals surface area contributed by atoms with Crippen molar-refractivity contribution >= 4 is 11.5 Å². The molecule has 19 heavy (non-hydrogen) atoms. The van der Waals surface area contributed by atoms with E-state index in [2.05, 4.69) is 34.3 Å². The van der Waals surface area contributed by atoms with Gasteiger partial charge in [-0.25, -0.2) is 4.98 Å². The fourth-order valence-corrected chi connectivity index (χ4v) is 3.30. The highest BCUT2D eigenvalue weighted by molar-refractivity contribution is 5.62. The molecule has 102 valence electrons. The first kappa shape index (κ1) is 12.4. The molecule has 1 aliphatic rings. The summed E-state index contributed by atoms with van der Waals surface area (Å²) in [5.41, 5.74) is 0.825. The van der Waals surface area contributed by atoms with Crippen molar-refractivity contribution in [3.05, 3.63) is 18.2 Å². The van der Waals surface area contributed by atoms with Crippen molar-refractivity contribution in [2.75, 3.05) is 5.32 Å². The Bertz CT molecular complexity index is 566. The van der Waals surface area contributed by atoms with Crippen LogP contribution in [0.2, 0.25) is 0 Å². The average Bonchev–Trinajstić information content (AvgIpc) is 2.71. The van der Waals surface area contributed by atoms with Crippen LogP contribution in [0.25, 0.3) is 5.65 Å². The quantitative estimate of drug-likeness (QED) is 0.901. The monoisotopic (exact) mass is 259 g/mol. The first-order valence-corrected chi connectivity index (χ1v) is 7.06. The normalized spacial score (nSPS) is 27.6. The van der Waals surface area contributed by atoms with Gasteiger partial charge in [0.05, 0.1) is 0 Å². The van der Waals surface area contributed by atoms with Gasteiger partial charge in [0, 0.05) is 18.4 Å². The molecular formula is C14H21N5. The van der Waals surface area contributed by atoms with Gasteiger partial charge in [0.1, 0.15) is 5.82 Å². The van der Waals surface area contributed by atoms with E-state index in [1.54, 1.807) is 6.20 Å². The maximum atomic E-state index is 4.43. The number of anilines is 1. The lowest BCUT2D eigenvalue weighted by Gasteiger charge is -2.32. The molecule has 1 N–H and O–H groups in total. The van der Waals surface area contributed by atoms with E-state index in [9.17, 15) is 0 Å². The molecule has 0 aliphatic heterocycles. The third-order valence-electron chi connectivity index (χ3n) is 4.02. The number of nitrogens with one attached hydrogen (secondary N) is 1. The van der Waals surface area contributed by atoms with Crippen LogP contribution in [-0.4, -0.2) is 25.6 Å². The molecular weight excluding hydrogens is 238 g/mol. The van der Waals surface area contributed by atoms with E-state index >= 15 is 0 Å². The molecule has 0 radical (unpaired) electrons. The molecule has 0 bridgehead atoms. The average molecular weight is 259 g/mol. The van der Waals surface area contributed by atoms with Crippen molar-refractivity contribution < 1.29 is 0 Å². The van der Waals surface area contributed by atoms with Gasteiger partial charge in [-0.1, -0.05) is 13.8 Å². The summed E-state index contributed by atoms with van der Waals surface area (Å²) in [5.74, 6) is 3.31. The molecule has 1 aliphatic carbocycles. The topological polar surface area (TPSA) is 55.1 Å². The van der Waals surface area contributed by atoms with Crippen LogP contribution in [0.3, 0.4) is 0 Å². The molecule has 0 amide bonds. The zero-order valence-electron chi connectivity index (χ0n) is 11.8. The Morgan fingerprint density at radius 3 is 2.63 bits per heavy atom. The summed E-state index contributed by atoms with van der Waals surface area (Å²) >= 11 is 0. The van der Waals surface area contributed by atoms with Gasteiger partial charge in [-0.15, -0.1) is 10.2 Å². The van der Waals surface area contributed by atoms with Gasteiger partial charge >= 0.3 is 0 Å². The fraction of sp³-hybridized carbons (Fsp3) is 0.643. The molecule has 2 heterocycles. The van der Waals surface area contributed by atoms with Crippen molar-refractivity contribution in [3.8, 4) is 0 Å². The van der Waals surface area contributed by atoms with Crippen LogP contribution < -0.4 is 5.32 Å². The summed E-state index contributed by atoms with van der Waals surface area (Å²) in [6, 6.07) is 0.495. The number of fused-ring (bicyclic) bond motifs is 1. The largest absolute Gasteiger partial charge is 0.364 e. The number of aromatic nitrogens is 4. The maximum absolute atomic E-state index is 4.43. The summed E-state index contributed by atoms with van der Waals surface area (Å²) in [7, 11) is 0. The molecule has 5 nitrogen and oxygen atoms in total. The van der Waals surface area contributed by atoms with Gasteiger partial charge in [-0.3, -0.25) is 4.40 Å². The third-order valence-corrected chi connectivity index (χ3v) is 4.02. The zero-order valence-corrected chi connectivity index (χ0v) is 11.8. The van der Waals surface area contributed by atoms with Crippen LogP contribution in [0.4, 0.5) is 5.82 Å². The highest BCUT2D eigenvalue weighted by Gasteiger charge is 2.24. The second kappa shape index (κ2) is 4.79. The SMILES string of the molecule is Cc1nnc2c(NC3CC(C)CC(C)C3)nccn12. The molecule has 2 aromatic rings. The summed E-state index contributed by atoms with van der Waals surface area (Å²) in [4.78, 5) is 4.43. The van der Waals surface area contributed by atoms with Crippen LogP contribution in [0.1, 0.15) is 38.9 Å². The van der Waals surface area contributed by atoms with Gasteiger partial charge in [-0.2, -0.15) is 0 Å². The Hall–Kier alpha value is -1.65. The van der Waals surface area contributed by atoms with E-state index in [4.69, 9.17) is 0 Å². The minimum Gasteiger partial charge on any atom is -0.364 e. The maximum Gasteiger partial charge on any atom is 0.203 e. The highest BCUT2D eigenvalue weighted by atomic mass is 15.3.